The highest BCUT2D eigenvalue weighted by atomic mass is 32.1. The molecule has 5 heteroatoms. The van der Waals surface area contributed by atoms with Crippen molar-refractivity contribution >= 4 is 17.2 Å². The molecule has 0 bridgehead atoms. The average molecular weight is 226 g/mol. The first kappa shape index (κ1) is 10.9. The summed E-state index contributed by atoms with van der Waals surface area (Å²) in [7, 11) is 4.31. The van der Waals surface area contributed by atoms with Gasteiger partial charge >= 0.3 is 0 Å². The van der Waals surface area contributed by atoms with Crippen molar-refractivity contribution in [1.29, 1.82) is 0 Å². The van der Waals surface area contributed by atoms with Gasteiger partial charge in [0.2, 0.25) is 0 Å². The fourth-order valence-corrected chi connectivity index (χ4v) is 2.85. The number of rotatable bonds is 1. The third-order valence-corrected chi connectivity index (χ3v) is 4.07. The molecular formula is C10H18N4S. The molecule has 1 saturated heterocycles. The van der Waals surface area contributed by atoms with E-state index in [9.17, 15) is 0 Å². The maximum atomic E-state index is 5.79. The minimum atomic E-state index is 0.407. The van der Waals surface area contributed by atoms with Gasteiger partial charge in [0.25, 0.3) is 0 Å². The number of nitrogens with zero attached hydrogens (tertiary/aromatic N) is 3. The topological polar surface area (TPSA) is 45.4 Å². The molecule has 1 aliphatic rings. The smallest absolute Gasteiger partial charge is 0.137 e. The molecule has 0 aromatic carbocycles. The molecule has 0 aliphatic carbocycles. The molecule has 0 amide bonds. The number of hydrogen-bond acceptors (Lipinski definition) is 5. The van der Waals surface area contributed by atoms with Crippen LogP contribution in [0.3, 0.4) is 0 Å². The van der Waals surface area contributed by atoms with E-state index in [1.165, 1.54) is 0 Å². The van der Waals surface area contributed by atoms with Crippen LogP contribution in [0.4, 0.5) is 5.82 Å². The van der Waals surface area contributed by atoms with E-state index in [4.69, 9.17) is 5.73 Å². The van der Waals surface area contributed by atoms with Gasteiger partial charge in [0, 0.05) is 24.5 Å². The van der Waals surface area contributed by atoms with E-state index in [1.54, 1.807) is 11.3 Å². The molecule has 4 nitrogen and oxygen atoms in total. The number of likely N-dealkylation sites (N-methyl/N-ethyl adjacent to an activating group) is 2. The molecule has 1 aliphatic heterocycles. The van der Waals surface area contributed by atoms with Crippen molar-refractivity contribution in [2.45, 2.75) is 13.0 Å². The van der Waals surface area contributed by atoms with Gasteiger partial charge in [0.15, 0.2) is 0 Å². The molecule has 15 heavy (non-hydrogen) atoms. The van der Waals surface area contributed by atoms with Crippen molar-refractivity contribution < 1.29 is 0 Å². The van der Waals surface area contributed by atoms with E-state index < -0.39 is 0 Å². The second kappa shape index (κ2) is 4.08. The Labute approximate surface area is 94.7 Å². The lowest BCUT2D eigenvalue weighted by Gasteiger charge is -2.36. The van der Waals surface area contributed by atoms with Gasteiger partial charge in [0.1, 0.15) is 10.8 Å². The average Bonchev–Trinajstić information content (AvgIpc) is 2.51. The summed E-state index contributed by atoms with van der Waals surface area (Å²) in [6, 6.07) is 0.407. The highest BCUT2D eigenvalue weighted by Crippen LogP contribution is 2.29. The van der Waals surface area contributed by atoms with Gasteiger partial charge in [-0.2, -0.15) is 0 Å². The summed E-state index contributed by atoms with van der Waals surface area (Å²) < 4.78 is 0. The Morgan fingerprint density at radius 1 is 1.40 bits per heavy atom. The first-order valence-electron chi connectivity index (χ1n) is 5.19. The maximum absolute atomic E-state index is 5.79. The minimum Gasteiger partial charge on any atom is -0.383 e. The van der Waals surface area contributed by atoms with Crippen molar-refractivity contribution in [3.05, 3.63) is 9.88 Å². The number of nitrogen functional groups attached to an aromatic ring is 1. The van der Waals surface area contributed by atoms with Crippen LogP contribution in [0, 0.1) is 6.92 Å². The van der Waals surface area contributed by atoms with Crippen LogP contribution >= 0.6 is 11.3 Å². The van der Waals surface area contributed by atoms with Crippen molar-refractivity contribution in [3.63, 3.8) is 0 Å². The third kappa shape index (κ3) is 2.14. The third-order valence-electron chi connectivity index (χ3n) is 2.99. The monoisotopic (exact) mass is 226 g/mol. The number of piperazine rings is 1. The van der Waals surface area contributed by atoms with Gasteiger partial charge in [-0.25, -0.2) is 4.98 Å². The van der Waals surface area contributed by atoms with E-state index in [0.717, 1.165) is 29.5 Å². The normalized spacial score (nSPS) is 24.6. The Kier molecular flexibility index (Phi) is 2.95. The first-order valence-corrected chi connectivity index (χ1v) is 6.01. The summed E-state index contributed by atoms with van der Waals surface area (Å²) in [6.45, 7) is 5.30. The van der Waals surface area contributed by atoms with E-state index in [-0.39, 0.29) is 0 Å². The maximum Gasteiger partial charge on any atom is 0.137 e. The van der Waals surface area contributed by atoms with Crippen molar-refractivity contribution in [3.8, 4) is 0 Å². The van der Waals surface area contributed by atoms with Crippen LogP contribution in [0.5, 0.6) is 0 Å². The largest absolute Gasteiger partial charge is 0.383 e. The van der Waals surface area contributed by atoms with Gasteiger partial charge in [-0.15, -0.1) is 11.3 Å². The fraction of sp³-hybridized carbons (Fsp3) is 0.700. The quantitative estimate of drug-likeness (QED) is 0.774. The highest BCUT2D eigenvalue weighted by Gasteiger charge is 2.26. The van der Waals surface area contributed by atoms with Crippen molar-refractivity contribution in [2.75, 3.05) is 39.5 Å². The Hall–Kier alpha value is -0.650. The zero-order valence-electron chi connectivity index (χ0n) is 9.53. The molecule has 0 radical (unpaired) electrons. The molecule has 0 saturated carbocycles. The van der Waals surface area contributed by atoms with Gasteiger partial charge < -0.3 is 10.6 Å². The number of hydrogen-bond donors (Lipinski definition) is 1. The van der Waals surface area contributed by atoms with Crippen LogP contribution in [0.1, 0.15) is 15.9 Å². The van der Waals surface area contributed by atoms with Gasteiger partial charge in [0.05, 0.1) is 6.04 Å². The lowest BCUT2D eigenvalue weighted by atomic mass is 10.2. The minimum absolute atomic E-state index is 0.407. The van der Waals surface area contributed by atoms with Crippen LogP contribution in [0.2, 0.25) is 0 Å². The van der Waals surface area contributed by atoms with Crippen molar-refractivity contribution in [1.82, 2.24) is 14.8 Å². The lowest BCUT2D eigenvalue weighted by Crippen LogP contribution is -2.44. The summed E-state index contributed by atoms with van der Waals surface area (Å²) in [5, 5.41) is 1.15. The Balaban J connectivity index is 2.21. The van der Waals surface area contributed by atoms with Crippen LogP contribution < -0.4 is 5.73 Å². The second-order valence-corrected chi connectivity index (χ2v) is 5.49. The Morgan fingerprint density at radius 2 is 2.13 bits per heavy atom. The highest BCUT2D eigenvalue weighted by molar-refractivity contribution is 7.12. The molecule has 84 valence electrons. The molecule has 2 N–H and O–H groups in total. The zero-order chi connectivity index (χ0) is 11.0. The van der Waals surface area contributed by atoms with Crippen LogP contribution in [-0.2, 0) is 0 Å². The van der Waals surface area contributed by atoms with E-state index in [1.807, 2.05) is 6.92 Å². The molecule has 2 heterocycles. The number of aromatic nitrogens is 1. The Bertz CT molecular complexity index is 330. The molecule has 0 spiro atoms. The Morgan fingerprint density at radius 3 is 2.73 bits per heavy atom. The number of nitrogens with two attached hydrogens (primary N) is 1. The van der Waals surface area contributed by atoms with E-state index >= 15 is 0 Å². The molecular weight excluding hydrogens is 208 g/mol. The van der Waals surface area contributed by atoms with Crippen LogP contribution in [-0.4, -0.2) is 48.5 Å². The summed E-state index contributed by atoms with van der Waals surface area (Å²) in [5.41, 5.74) is 5.79. The molecule has 1 atom stereocenters. The standard InChI is InChI=1S/C10H18N4S/c1-7-9(11)12-10(15-7)8-6-13(2)4-5-14(8)3/h8H,4-6,11H2,1-3H3. The molecule has 1 aromatic rings. The van der Waals surface area contributed by atoms with Crippen LogP contribution in [0.25, 0.3) is 0 Å². The number of thiazole rings is 1. The first-order chi connectivity index (χ1) is 7.08. The number of aryl methyl sites for hydroxylation is 1. The van der Waals surface area contributed by atoms with Crippen LogP contribution in [0.15, 0.2) is 0 Å². The van der Waals surface area contributed by atoms with Crippen molar-refractivity contribution in [2.24, 2.45) is 0 Å². The molecule has 2 rings (SSSR count). The summed E-state index contributed by atoms with van der Waals surface area (Å²) in [4.78, 5) is 10.3. The zero-order valence-corrected chi connectivity index (χ0v) is 10.3. The molecule has 1 unspecified atom stereocenters. The fourth-order valence-electron chi connectivity index (χ4n) is 1.85. The summed E-state index contributed by atoms with van der Waals surface area (Å²) in [6.07, 6.45) is 0. The predicted octanol–water partition coefficient (Wildman–Crippen LogP) is 0.952. The summed E-state index contributed by atoms with van der Waals surface area (Å²) in [5.74, 6) is 0.691. The molecule has 1 aromatic heterocycles. The predicted molar refractivity (Wildman–Crippen MR) is 64.1 cm³/mol. The second-order valence-electron chi connectivity index (χ2n) is 4.25. The van der Waals surface area contributed by atoms with Gasteiger partial charge in [-0.05, 0) is 21.0 Å². The van der Waals surface area contributed by atoms with Gasteiger partial charge in [-0.3, -0.25) is 4.90 Å². The lowest BCUT2D eigenvalue weighted by molar-refractivity contribution is 0.115. The SMILES string of the molecule is Cc1sc(C2CN(C)CCN2C)nc1N. The number of anilines is 1. The van der Waals surface area contributed by atoms with E-state index in [2.05, 4.69) is 28.9 Å². The van der Waals surface area contributed by atoms with E-state index in [0.29, 0.717) is 11.9 Å². The molecule has 1 fully saturated rings. The summed E-state index contributed by atoms with van der Waals surface area (Å²) >= 11 is 1.72. The van der Waals surface area contributed by atoms with Gasteiger partial charge in [-0.1, -0.05) is 0 Å².